The summed E-state index contributed by atoms with van der Waals surface area (Å²) in [7, 11) is 0.187. The summed E-state index contributed by atoms with van der Waals surface area (Å²) >= 11 is 0. The topological polar surface area (TPSA) is 96.0 Å². The van der Waals surface area contributed by atoms with Crippen molar-refractivity contribution in [1.82, 2.24) is 4.31 Å². The van der Waals surface area contributed by atoms with Gasteiger partial charge in [-0.15, -0.1) is 0 Å². The molecule has 3 rings (SSSR count). The maximum atomic E-state index is 12.7. The molecule has 0 spiro atoms. The van der Waals surface area contributed by atoms with Gasteiger partial charge in [-0.3, -0.25) is 4.79 Å². The summed E-state index contributed by atoms with van der Waals surface area (Å²) in [6.07, 6.45) is 0.594. The van der Waals surface area contributed by atoms with Crippen LogP contribution in [0.1, 0.15) is 30.1 Å². The predicted molar refractivity (Wildman–Crippen MR) is 119 cm³/mol. The van der Waals surface area contributed by atoms with Crippen molar-refractivity contribution in [3.63, 3.8) is 0 Å². The van der Waals surface area contributed by atoms with E-state index in [-0.39, 0.29) is 10.5 Å². The number of esters is 1. The maximum Gasteiger partial charge on any atom is 0.338 e. The van der Waals surface area contributed by atoms with Crippen LogP contribution in [0.4, 0.5) is 11.4 Å². The highest BCUT2D eigenvalue weighted by atomic mass is 32.2. The fourth-order valence-electron chi connectivity index (χ4n) is 3.23. The van der Waals surface area contributed by atoms with E-state index >= 15 is 0 Å². The van der Waals surface area contributed by atoms with Gasteiger partial charge in [-0.1, -0.05) is 6.07 Å². The molecule has 0 aromatic heterocycles. The molecule has 1 unspecified atom stereocenters. The van der Waals surface area contributed by atoms with Gasteiger partial charge in [0.1, 0.15) is 0 Å². The number of rotatable bonds is 7. The molecule has 8 nitrogen and oxygen atoms in total. The van der Waals surface area contributed by atoms with E-state index in [9.17, 15) is 18.0 Å². The molecule has 2 aromatic rings. The van der Waals surface area contributed by atoms with Crippen LogP contribution in [0.25, 0.3) is 0 Å². The number of nitrogens with one attached hydrogen (secondary N) is 1. The second-order valence-electron chi connectivity index (χ2n) is 7.62. The lowest BCUT2D eigenvalue weighted by Gasteiger charge is -2.17. The van der Waals surface area contributed by atoms with Crippen molar-refractivity contribution >= 4 is 33.3 Å². The Morgan fingerprint density at radius 2 is 1.71 bits per heavy atom. The summed E-state index contributed by atoms with van der Waals surface area (Å²) in [5, 5.41) is 2.70. The van der Waals surface area contributed by atoms with Gasteiger partial charge in [0.15, 0.2) is 6.10 Å². The van der Waals surface area contributed by atoms with Crippen LogP contribution >= 0.6 is 0 Å². The third-order valence-corrected chi connectivity index (χ3v) is 6.97. The zero-order chi connectivity index (χ0) is 22.6. The molecule has 2 aromatic carbocycles. The van der Waals surface area contributed by atoms with Gasteiger partial charge in [-0.2, -0.15) is 4.31 Å². The standard InChI is InChI=1S/C22H27N3O5S/c1-16(21(26)23-18-9-11-19(12-10-18)24(2)3)30-22(27)17-7-6-8-20(15-17)31(28,29)25-13-4-5-14-25/h6-12,15-16H,4-5,13-14H2,1-3H3,(H,23,26). The highest BCUT2D eigenvalue weighted by molar-refractivity contribution is 7.89. The Bertz CT molecular complexity index is 1050. The Morgan fingerprint density at radius 1 is 1.06 bits per heavy atom. The molecular formula is C22H27N3O5S. The summed E-state index contributed by atoms with van der Waals surface area (Å²) in [5.74, 6) is -1.24. The summed E-state index contributed by atoms with van der Waals surface area (Å²) in [6.45, 7) is 2.42. The van der Waals surface area contributed by atoms with Crippen molar-refractivity contribution in [2.75, 3.05) is 37.4 Å². The molecule has 0 aliphatic carbocycles. The Morgan fingerprint density at radius 3 is 2.32 bits per heavy atom. The first-order valence-electron chi connectivity index (χ1n) is 10.1. The third kappa shape index (κ3) is 5.42. The fourth-order valence-corrected chi connectivity index (χ4v) is 4.79. The number of anilines is 2. The first kappa shape index (κ1) is 22.8. The van der Waals surface area contributed by atoms with E-state index in [0.29, 0.717) is 18.8 Å². The number of ether oxygens (including phenoxy) is 1. The van der Waals surface area contributed by atoms with Crippen LogP contribution in [0.2, 0.25) is 0 Å². The van der Waals surface area contributed by atoms with Gasteiger partial charge in [0.05, 0.1) is 10.5 Å². The van der Waals surface area contributed by atoms with Gasteiger partial charge in [-0.25, -0.2) is 13.2 Å². The summed E-state index contributed by atoms with van der Waals surface area (Å²) < 4.78 is 32.1. The van der Waals surface area contributed by atoms with E-state index in [1.54, 1.807) is 12.1 Å². The van der Waals surface area contributed by atoms with E-state index in [0.717, 1.165) is 18.5 Å². The SMILES string of the molecule is CC(OC(=O)c1cccc(S(=O)(=O)N2CCCC2)c1)C(=O)Nc1ccc(N(C)C)cc1. The number of sulfonamides is 1. The van der Waals surface area contributed by atoms with E-state index in [1.165, 1.54) is 35.5 Å². The van der Waals surface area contributed by atoms with Crippen LogP contribution in [0.3, 0.4) is 0 Å². The third-order valence-electron chi connectivity index (χ3n) is 5.08. The molecule has 1 saturated heterocycles. The lowest BCUT2D eigenvalue weighted by atomic mass is 10.2. The molecule has 1 N–H and O–H groups in total. The highest BCUT2D eigenvalue weighted by Gasteiger charge is 2.28. The van der Waals surface area contributed by atoms with Crippen molar-refractivity contribution in [3.8, 4) is 0 Å². The van der Waals surface area contributed by atoms with Gasteiger partial charge < -0.3 is 15.0 Å². The number of carbonyl (C=O) groups is 2. The zero-order valence-electron chi connectivity index (χ0n) is 17.9. The molecule has 166 valence electrons. The average Bonchev–Trinajstić information content (AvgIpc) is 3.30. The monoisotopic (exact) mass is 445 g/mol. The minimum atomic E-state index is -3.65. The number of hydrogen-bond donors (Lipinski definition) is 1. The molecule has 0 radical (unpaired) electrons. The molecule has 0 saturated carbocycles. The van der Waals surface area contributed by atoms with Crippen molar-refractivity contribution in [1.29, 1.82) is 0 Å². The Balaban J connectivity index is 1.64. The molecule has 1 atom stereocenters. The van der Waals surface area contributed by atoms with Gasteiger partial charge in [0.2, 0.25) is 10.0 Å². The van der Waals surface area contributed by atoms with Gasteiger partial charge in [0, 0.05) is 38.6 Å². The first-order chi connectivity index (χ1) is 14.7. The Hall–Kier alpha value is -2.91. The van der Waals surface area contributed by atoms with E-state index in [2.05, 4.69) is 5.32 Å². The lowest BCUT2D eigenvalue weighted by Crippen LogP contribution is -2.30. The zero-order valence-corrected chi connectivity index (χ0v) is 18.7. The van der Waals surface area contributed by atoms with E-state index < -0.39 is 28.0 Å². The summed E-state index contributed by atoms with van der Waals surface area (Å²) in [6, 6.07) is 12.9. The second-order valence-corrected chi connectivity index (χ2v) is 9.56. The van der Waals surface area contributed by atoms with Gasteiger partial charge in [0.25, 0.3) is 5.91 Å². The normalized spacial score (nSPS) is 15.3. The van der Waals surface area contributed by atoms with Gasteiger partial charge in [-0.05, 0) is 62.2 Å². The fraction of sp³-hybridized carbons (Fsp3) is 0.364. The molecule has 1 heterocycles. The van der Waals surface area contributed by atoms with E-state index in [4.69, 9.17) is 4.74 Å². The molecule has 9 heteroatoms. The first-order valence-corrected chi connectivity index (χ1v) is 11.5. The quantitative estimate of drug-likeness (QED) is 0.659. The summed E-state index contributed by atoms with van der Waals surface area (Å²) in [5.41, 5.74) is 1.65. The van der Waals surface area contributed by atoms with Crippen molar-refractivity contribution in [2.45, 2.75) is 30.8 Å². The van der Waals surface area contributed by atoms with Crippen molar-refractivity contribution in [2.24, 2.45) is 0 Å². The lowest BCUT2D eigenvalue weighted by molar-refractivity contribution is -0.123. The molecule has 1 aliphatic rings. The van der Waals surface area contributed by atoms with Crippen LogP contribution in [0, 0.1) is 0 Å². The largest absolute Gasteiger partial charge is 0.449 e. The van der Waals surface area contributed by atoms with Crippen molar-refractivity contribution < 1.29 is 22.7 Å². The number of carbonyl (C=O) groups excluding carboxylic acids is 2. The smallest absolute Gasteiger partial charge is 0.338 e. The molecule has 1 aliphatic heterocycles. The van der Waals surface area contributed by atoms with Crippen molar-refractivity contribution in [3.05, 3.63) is 54.1 Å². The molecule has 31 heavy (non-hydrogen) atoms. The van der Waals surface area contributed by atoms with Crippen LogP contribution in [-0.4, -0.2) is 57.9 Å². The number of nitrogens with zero attached hydrogens (tertiary/aromatic N) is 2. The number of amides is 1. The Labute approximate surface area is 182 Å². The van der Waals surface area contributed by atoms with Crippen LogP contribution in [0.15, 0.2) is 53.4 Å². The van der Waals surface area contributed by atoms with Crippen LogP contribution in [0.5, 0.6) is 0 Å². The predicted octanol–water partition coefficient (Wildman–Crippen LogP) is 2.72. The minimum absolute atomic E-state index is 0.0435. The van der Waals surface area contributed by atoms with Crippen LogP contribution in [-0.2, 0) is 19.6 Å². The van der Waals surface area contributed by atoms with Gasteiger partial charge >= 0.3 is 5.97 Å². The number of hydrogen-bond acceptors (Lipinski definition) is 6. The molecule has 1 amide bonds. The van der Waals surface area contributed by atoms with Crippen LogP contribution < -0.4 is 10.2 Å². The van der Waals surface area contributed by atoms with E-state index in [1.807, 2.05) is 31.1 Å². The molecule has 1 fully saturated rings. The Kier molecular flexibility index (Phi) is 6.97. The molecule has 0 bridgehead atoms. The highest BCUT2D eigenvalue weighted by Crippen LogP contribution is 2.22. The number of benzene rings is 2. The summed E-state index contributed by atoms with van der Waals surface area (Å²) in [4.78, 5) is 26.9. The second kappa shape index (κ2) is 9.49. The average molecular weight is 446 g/mol. The molecular weight excluding hydrogens is 418 g/mol. The maximum absolute atomic E-state index is 12.7. The minimum Gasteiger partial charge on any atom is -0.449 e.